The zero-order valence-corrected chi connectivity index (χ0v) is 10.6. The Kier molecular flexibility index (Phi) is 4.70. The van der Waals surface area contributed by atoms with E-state index in [4.69, 9.17) is 5.84 Å². The zero-order valence-electron chi connectivity index (χ0n) is 10.6. The van der Waals surface area contributed by atoms with Gasteiger partial charge in [0.15, 0.2) is 0 Å². The number of nitrogens with two attached hydrogens (primary N) is 1. The number of carbonyl (C=O) groups is 1. The van der Waals surface area contributed by atoms with Gasteiger partial charge in [0, 0.05) is 31.6 Å². The Morgan fingerprint density at radius 3 is 2.69 bits per heavy atom. The highest BCUT2D eigenvalue weighted by atomic mass is 16.2. The molecule has 0 spiro atoms. The molecular weight excluding hydrogens is 204 g/mol. The number of hydrogen-bond donors (Lipinski definition) is 2. The highest BCUT2D eigenvalue weighted by Gasteiger charge is 2.30. The maximum atomic E-state index is 11.0. The van der Waals surface area contributed by atoms with Crippen LogP contribution in [0.15, 0.2) is 0 Å². The number of piperazine rings is 1. The summed E-state index contributed by atoms with van der Waals surface area (Å²) in [6.07, 6.45) is 1.39. The minimum Gasteiger partial charge on any atom is -0.300 e. The van der Waals surface area contributed by atoms with Gasteiger partial charge in [-0.05, 0) is 33.9 Å². The molecule has 3 N–H and O–H groups in total. The SMILES string of the molecule is CN1CCN(CCCC(=O)NN)CC1(C)C. The molecule has 5 heteroatoms. The summed E-state index contributed by atoms with van der Waals surface area (Å²) in [7, 11) is 2.17. The van der Waals surface area contributed by atoms with E-state index in [1.165, 1.54) is 0 Å². The largest absolute Gasteiger partial charge is 0.300 e. The smallest absolute Gasteiger partial charge is 0.233 e. The average molecular weight is 228 g/mol. The van der Waals surface area contributed by atoms with Crippen molar-refractivity contribution in [3.63, 3.8) is 0 Å². The second-order valence-corrected chi connectivity index (χ2v) is 5.18. The Morgan fingerprint density at radius 2 is 2.12 bits per heavy atom. The summed E-state index contributed by atoms with van der Waals surface area (Å²) in [5, 5.41) is 0. The van der Waals surface area contributed by atoms with Crippen molar-refractivity contribution < 1.29 is 4.79 Å². The molecule has 1 aliphatic heterocycles. The van der Waals surface area contributed by atoms with Crippen molar-refractivity contribution in [3.8, 4) is 0 Å². The lowest BCUT2D eigenvalue weighted by Crippen LogP contribution is -2.57. The molecule has 1 rings (SSSR count). The molecule has 0 aliphatic carbocycles. The fraction of sp³-hybridized carbons (Fsp3) is 0.909. The lowest BCUT2D eigenvalue weighted by Gasteiger charge is -2.45. The summed E-state index contributed by atoms with van der Waals surface area (Å²) in [6, 6.07) is 0. The molecule has 0 bridgehead atoms. The predicted molar refractivity (Wildman–Crippen MR) is 64.7 cm³/mol. The molecule has 1 saturated heterocycles. The number of hydrazine groups is 1. The highest BCUT2D eigenvalue weighted by Crippen LogP contribution is 2.18. The normalized spacial score (nSPS) is 22.0. The maximum absolute atomic E-state index is 11.0. The molecule has 0 saturated carbocycles. The second-order valence-electron chi connectivity index (χ2n) is 5.18. The molecule has 0 radical (unpaired) electrons. The van der Waals surface area contributed by atoms with Gasteiger partial charge in [-0.1, -0.05) is 0 Å². The van der Waals surface area contributed by atoms with Crippen molar-refractivity contribution in [2.75, 3.05) is 33.2 Å². The number of nitrogens with one attached hydrogen (secondary N) is 1. The van der Waals surface area contributed by atoms with Gasteiger partial charge in [-0.2, -0.15) is 0 Å². The predicted octanol–water partition coefficient (Wildman–Crippen LogP) is -0.217. The molecule has 1 fully saturated rings. The molecule has 94 valence electrons. The molecule has 16 heavy (non-hydrogen) atoms. The first kappa shape index (κ1) is 13.4. The molecule has 0 aromatic heterocycles. The van der Waals surface area contributed by atoms with Crippen LogP contribution >= 0.6 is 0 Å². The Morgan fingerprint density at radius 1 is 1.44 bits per heavy atom. The molecule has 5 nitrogen and oxygen atoms in total. The molecule has 0 aromatic carbocycles. The average Bonchev–Trinajstić information content (AvgIpc) is 2.22. The van der Waals surface area contributed by atoms with Gasteiger partial charge in [0.05, 0.1) is 0 Å². The van der Waals surface area contributed by atoms with Crippen LogP contribution in [0.25, 0.3) is 0 Å². The van der Waals surface area contributed by atoms with E-state index in [0.717, 1.165) is 32.6 Å². The summed E-state index contributed by atoms with van der Waals surface area (Å²) in [6.45, 7) is 8.73. The van der Waals surface area contributed by atoms with Gasteiger partial charge < -0.3 is 4.90 Å². The Bertz CT molecular complexity index is 242. The number of nitrogens with zero attached hydrogens (tertiary/aromatic N) is 2. The molecular formula is C11H24N4O. The van der Waals surface area contributed by atoms with E-state index in [1.807, 2.05) is 0 Å². The monoisotopic (exact) mass is 228 g/mol. The minimum absolute atomic E-state index is 0.0756. The standard InChI is InChI=1S/C11H24N4O/c1-11(2)9-15(8-7-14(11)3)6-4-5-10(16)13-12/h4-9,12H2,1-3H3,(H,13,16). The Labute approximate surface area is 97.9 Å². The van der Waals surface area contributed by atoms with Crippen LogP contribution in [0.4, 0.5) is 0 Å². The lowest BCUT2D eigenvalue weighted by atomic mass is 9.99. The molecule has 0 aromatic rings. The quantitative estimate of drug-likeness (QED) is 0.397. The van der Waals surface area contributed by atoms with Crippen LogP contribution in [-0.4, -0.2) is 54.5 Å². The van der Waals surface area contributed by atoms with Crippen LogP contribution in [0, 0.1) is 0 Å². The summed E-state index contributed by atoms with van der Waals surface area (Å²) in [4.78, 5) is 15.8. The van der Waals surface area contributed by atoms with Crippen molar-refractivity contribution in [2.24, 2.45) is 5.84 Å². The summed E-state index contributed by atoms with van der Waals surface area (Å²) < 4.78 is 0. The number of amides is 1. The van der Waals surface area contributed by atoms with Gasteiger partial charge in [-0.3, -0.25) is 15.1 Å². The van der Waals surface area contributed by atoms with Gasteiger partial charge in [0.1, 0.15) is 0 Å². The van der Waals surface area contributed by atoms with Crippen molar-refractivity contribution in [1.82, 2.24) is 15.2 Å². The molecule has 1 amide bonds. The molecule has 1 heterocycles. The van der Waals surface area contributed by atoms with Crippen LogP contribution in [0.2, 0.25) is 0 Å². The molecule has 0 atom stereocenters. The molecule has 0 unspecified atom stereocenters. The first-order chi connectivity index (χ1) is 7.45. The number of carbonyl (C=O) groups excluding carboxylic acids is 1. The highest BCUT2D eigenvalue weighted by molar-refractivity contribution is 5.75. The number of rotatable bonds is 4. The van der Waals surface area contributed by atoms with Crippen LogP contribution in [-0.2, 0) is 4.79 Å². The topological polar surface area (TPSA) is 61.6 Å². The van der Waals surface area contributed by atoms with Crippen LogP contribution in [0.5, 0.6) is 0 Å². The first-order valence-corrected chi connectivity index (χ1v) is 5.89. The third-order valence-electron chi connectivity index (χ3n) is 3.43. The van der Waals surface area contributed by atoms with E-state index in [2.05, 4.69) is 36.1 Å². The van der Waals surface area contributed by atoms with Gasteiger partial charge in [-0.15, -0.1) is 0 Å². The zero-order chi connectivity index (χ0) is 12.2. The van der Waals surface area contributed by atoms with Gasteiger partial charge in [0.2, 0.25) is 5.91 Å². The minimum atomic E-state index is -0.0756. The number of hydrogen-bond acceptors (Lipinski definition) is 4. The van der Waals surface area contributed by atoms with E-state index in [9.17, 15) is 4.79 Å². The van der Waals surface area contributed by atoms with Crippen LogP contribution in [0.3, 0.4) is 0 Å². The summed E-state index contributed by atoms with van der Waals surface area (Å²) in [5.41, 5.74) is 2.39. The maximum Gasteiger partial charge on any atom is 0.233 e. The van der Waals surface area contributed by atoms with E-state index >= 15 is 0 Å². The lowest BCUT2D eigenvalue weighted by molar-refractivity contribution is -0.121. The van der Waals surface area contributed by atoms with E-state index in [0.29, 0.717) is 6.42 Å². The number of likely N-dealkylation sites (N-methyl/N-ethyl adjacent to an activating group) is 1. The Balaban J connectivity index is 2.26. The van der Waals surface area contributed by atoms with Crippen molar-refractivity contribution in [1.29, 1.82) is 0 Å². The first-order valence-electron chi connectivity index (χ1n) is 5.89. The second kappa shape index (κ2) is 5.61. The van der Waals surface area contributed by atoms with E-state index < -0.39 is 0 Å². The van der Waals surface area contributed by atoms with E-state index in [-0.39, 0.29) is 11.4 Å². The Hall–Kier alpha value is -0.650. The van der Waals surface area contributed by atoms with Crippen molar-refractivity contribution in [3.05, 3.63) is 0 Å². The van der Waals surface area contributed by atoms with Crippen molar-refractivity contribution >= 4 is 5.91 Å². The van der Waals surface area contributed by atoms with Gasteiger partial charge in [-0.25, -0.2) is 5.84 Å². The third kappa shape index (κ3) is 3.73. The third-order valence-corrected chi connectivity index (χ3v) is 3.43. The summed E-state index contributed by atoms with van der Waals surface area (Å²) in [5.74, 6) is 4.96. The fourth-order valence-corrected chi connectivity index (χ4v) is 2.07. The van der Waals surface area contributed by atoms with Gasteiger partial charge >= 0.3 is 0 Å². The van der Waals surface area contributed by atoms with Crippen LogP contribution < -0.4 is 11.3 Å². The summed E-state index contributed by atoms with van der Waals surface area (Å²) >= 11 is 0. The van der Waals surface area contributed by atoms with Crippen molar-refractivity contribution in [2.45, 2.75) is 32.2 Å². The van der Waals surface area contributed by atoms with E-state index in [1.54, 1.807) is 0 Å². The fourth-order valence-electron chi connectivity index (χ4n) is 2.07. The molecule has 1 aliphatic rings. The van der Waals surface area contributed by atoms with Crippen LogP contribution in [0.1, 0.15) is 26.7 Å². The van der Waals surface area contributed by atoms with Gasteiger partial charge in [0.25, 0.3) is 0 Å².